The van der Waals surface area contributed by atoms with Crippen molar-refractivity contribution in [2.24, 2.45) is 0 Å². The minimum atomic E-state index is -0.250. The summed E-state index contributed by atoms with van der Waals surface area (Å²) < 4.78 is 0. The van der Waals surface area contributed by atoms with E-state index in [1.807, 2.05) is 58.5 Å². The number of carbonyl (C=O) groups is 2. The summed E-state index contributed by atoms with van der Waals surface area (Å²) in [6.45, 7) is 2.38. The smallest absolute Gasteiger partial charge is 0.241 e. The number of piperazine rings is 1. The molecule has 0 spiro atoms. The van der Waals surface area contributed by atoms with E-state index in [9.17, 15) is 9.59 Å². The second-order valence-electron chi connectivity index (χ2n) is 7.61. The number of carbonyl (C=O) groups excluding carboxylic acids is 2. The third-order valence-electron chi connectivity index (χ3n) is 5.70. The van der Waals surface area contributed by atoms with Gasteiger partial charge in [-0.3, -0.25) is 14.6 Å². The van der Waals surface area contributed by atoms with Crippen LogP contribution in [-0.4, -0.2) is 58.8 Å². The Kier molecular flexibility index (Phi) is 6.17. The van der Waals surface area contributed by atoms with Gasteiger partial charge in [0, 0.05) is 51.0 Å². The molecule has 152 valence electrons. The topological polar surface area (TPSA) is 77.6 Å². The SMILES string of the molecule is O=C(CCc1ccccc1)N1CCN(C(=O)C2CC(c3cccnc3)NN2)CC1. The molecule has 3 heterocycles. The van der Waals surface area contributed by atoms with Crippen LogP contribution in [-0.2, 0) is 16.0 Å². The van der Waals surface area contributed by atoms with Crippen molar-refractivity contribution in [1.82, 2.24) is 25.6 Å². The zero-order valence-corrected chi connectivity index (χ0v) is 16.5. The van der Waals surface area contributed by atoms with Crippen molar-refractivity contribution >= 4 is 11.8 Å². The summed E-state index contributed by atoms with van der Waals surface area (Å²) in [4.78, 5) is 33.3. The lowest BCUT2D eigenvalue weighted by Gasteiger charge is -2.36. The van der Waals surface area contributed by atoms with Crippen LogP contribution in [0.15, 0.2) is 54.9 Å². The normalized spacial score (nSPS) is 21.9. The number of nitrogens with zero attached hydrogens (tertiary/aromatic N) is 3. The Hall–Kier alpha value is -2.77. The van der Waals surface area contributed by atoms with Gasteiger partial charge in [0.25, 0.3) is 0 Å². The molecule has 29 heavy (non-hydrogen) atoms. The van der Waals surface area contributed by atoms with E-state index in [-0.39, 0.29) is 23.9 Å². The lowest BCUT2D eigenvalue weighted by molar-refractivity contribution is -0.140. The molecule has 0 saturated carbocycles. The van der Waals surface area contributed by atoms with E-state index < -0.39 is 0 Å². The van der Waals surface area contributed by atoms with Crippen LogP contribution in [0.4, 0.5) is 0 Å². The van der Waals surface area contributed by atoms with E-state index in [1.165, 1.54) is 5.56 Å². The first kappa shape index (κ1) is 19.5. The zero-order valence-electron chi connectivity index (χ0n) is 16.5. The zero-order chi connectivity index (χ0) is 20.1. The lowest BCUT2D eigenvalue weighted by Crippen LogP contribution is -2.54. The number of nitrogens with one attached hydrogen (secondary N) is 2. The number of hydrogen-bond donors (Lipinski definition) is 2. The third-order valence-corrected chi connectivity index (χ3v) is 5.70. The molecule has 7 nitrogen and oxygen atoms in total. The van der Waals surface area contributed by atoms with Gasteiger partial charge in [-0.05, 0) is 30.0 Å². The predicted molar refractivity (Wildman–Crippen MR) is 110 cm³/mol. The van der Waals surface area contributed by atoms with E-state index in [4.69, 9.17) is 0 Å². The maximum atomic E-state index is 12.9. The second kappa shape index (κ2) is 9.15. The fourth-order valence-corrected chi connectivity index (χ4v) is 3.97. The molecule has 2 unspecified atom stereocenters. The van der Waals surface area contributed by atoms with Gasteiger partial charge in [0.1, 0.15) is 6.04 Å². The van der Waals surface area contributed by atoms with E-state index in [1.54, 1.807) is 6.20 Å². The van der Waals surface area contributed by atoms with Crippen molar-refractivity contribution in [2.75, 3.05) is 26.2 Å². The van der Waals surface area contributed by atoms with Gasteiger partial charge < -0.3 is 9.80 Å². The fourth-order valence-electron chi connectivity index (χ4n) is 3.97. The maximum absolute atomic E-state index is 12.9. The average Bonchev–Trinajstić information content (AvgIpc) is 3.29. The highest BCUT2D eigenvalue weighted by atomic mass is 16.2. The number of rotatable bonds is 5. The van der Waals surface area contributed by atoms with Crippen molar-refractivity contribution < 1.29 is 9.59 Å². The van der Waals surface area contributed by atoms with Crippen molar-refractivity contribution in [3.05, 3.63) is 66.0 Å². The standard InChI is InChI=1S/C22H27N5O2/c28-21(9-8-17-5-2-1-3-6-17)26-11-13-27(14-12-26)22(29)20-15-19(24-25-20)18-7-4-10-23-16-18/h1-7,10,16,19-20,24-25H,8-9,11-15H2. The predicted octanol–water partition coefficient (Wildman–Crippen LogP) is 1.29. The summed E-state index contributed by atoms with van der Waals surface area (Å²) in [5.41, 5.74) is 8.58. The van der Waals surface area contributed by atoms with Gasteiger partial charge in [0.2, 0.25) is 11.8 Å². The lowest BCUT2D eigenvalue weighted by atomic mass is 10.0. The van der Waals surface area contributed by atoms with Crippen LogP contribution in [0.5, 0.6) is 0 Å². The Morgan fingerprint density at radius 1 is 0.966 bits per heavy atom. The average molecular weight is 393 g/mol. The first-order chi connectivity index (χ1) is 14.2. The van der Waals surface area contributed by atoms with Crippen LogP contribution in [0.1, 0.15) is 30.0 Å². The van der Waals surface area contributed by atoms with Crippen LogP contribution < -0.4 is 10.9 Å². The molecule has 2 aliphatic heterocycles. The Labute approximate surface area is 171 Å². The minimum absolute atomic E-state index is 0.0819. The van der Waals surface area contributed by atoms with Crippen LogP contribution in [0.25, 0.3) is 0 Å². The van der Waals surface area contributed by atoms with Gasteiger partial charge in [-0.15, -0.1) is 0 Å². The molecule has 2 amide bonds. The van der Waals surface area contributed by atoms with Gasteiger partial charge in [0.15, 0.2) is 0 Å². The summed E-state index contributed by atoms with van der Waals surface area (Å²) >= 11 is 0. The largest absolute Gasteiger partial charge is 0.339 e. The molecular formula is C22H27N5O2. The highest BCUT2D eigenvalue weighted by molar-refractivity contribution is 5.83. The Bertz CT molecular complexity index is 822. The van der Waals surface area contributed by atoms with E-state index in [0.29, 0.717) is 39.0 Å². The molecule has 1 aromatic heterocycles. The van der Waals surface area contributed by atoms with Crippen molar-refractivity contribution in [2.45, 2.75) is 31.3 Å². The third kappa shape index (κ3) is 4.81. The van der Waals surface area contributed by atoms with Crippen LogP contribution in [0.3, 0.4) is 0 Å². The van der Waals surface area contributed by atoms with E-state index >= 15 is 0 Å². The van der Waals surface area contributed by atoms with E-state index in [0.717, 1.165) is 12.0 Å². The number of hydrazine groups is 1. The molecule has 7 heteroatoms. The highest BCUT2D eigenvalue weighted by Gasteiger charge is 2.34. The quantitative estimate of drug-likeness (QED) is 0.801. The molecule has 2 atom stereocenters. The number of pyridine rings is 1. The molecule has 2 aliphatic rings. The van der Waals surface area contributed by atoms with Gasteiger partial charge in [-0.25, -0.2) is 10.9 Å². The molecular weight excluding hydrogens is 366 g/mol. The molecule has 2 N–H and O–H groups in total. The monoisotopic (exact) mass is 393 g/mol. The number of amides is 2. The summed E-state index contributed by atoms with van der Waals surface area (Å²) in [5.74, 6) is 0.263. The minimum Gasteiger partial charge on any atom is -0.339 e. The molecule has 2 aromatic rings. The van der Waals surface area contributed by atoms with Crippen molar-refractivity contribution in [1.29, 1.82) is 0 Å². The first-order valence-corrected chi connectivity index (χ1v) is 10.2. The first-order valence-electron chi connectivity index (χ1n) is 10.2. The summed E-state index contributed by atoms with van der Waals surface area (Å²) in [5, 5.41) is 0. The fraction of sp³-hybridized carbons (Fsp3) is 0.409. The number of aromatic nitrogens is 1. The maximum Gasteiger partial charge on any atom is 0.241 e. The summed E-state index contributed by atoms with van der Waals surface area (Å²) in [6, 6.07) is 13.8. The van der Waals surface area contributed by atoms with E-state index in [2.05, 4.69) is 15.8 Å². The molecule has 4 rings (SSSR count). The highest BCUT2D eigenvalue weighted by Crippen LogP contribution is 2.22. The Balaban J connectivity index is 1.23. The summed E-state index contributed by atoms with van der Waals surface area (Å²) in [7, 11) is 0. The molecule has 2 saturated heterocycles. The number of hydrogen-bond acceptors (Lipinski definition) is 5. The van der Waals surface area contributed by atoms with Crippen LogP contribution in [0, 0.1) is 0 Å². The molecule has 1 aromatic carbocycles. The number of benzene rings is 1. The Morgan fingerprint density at radius 3 is 2.45 bits per heavy atom. The van der Waals surface area contributed by atoms with Crippen molar-refractivity contribution in [3.8, 4) is 0 Å². The molecule has 0 aliphatic carbocycles. The number of aryl methyl sites for hydroxylation is 1. The van der Waals surface area contributed by atoms with Gasteiger partial charge in [-0.1, -0.05) is 36.4 Å². The van der Waals surface area contributed by atoms with Crippen molar-refractivity contribution in [3.63, 3.8) is 0 Å². The van der Waals surface area contributed by atoms with Gasteiger partial charge >= 0.3 is 0 Å². The molecule has 2 fully saturated rings. The van der Waals surface area contributed by atoms with Gasteiger partial charge in [-0.2, -0.15) is 0 Å². The van der Waals surface area contributed by atoms with Gasteiger partial charge in [0.05, 0.1) is 0 Å². The van der Waals surface area contributed by atoms with Crippen LogP contribution in [0.2, 0.25) is 0 Å². The molecule has 0 bridgehead atoms. The van der Waals surface area contributed by atoms with Crippen LogP contribution >= 0.6 is 0 Å². The molecule has 0 radical (unpaired) electrons. The summed E-state index contributed by atoms with van der Waals surface area (Å²) in [6.07, 6.45) is 5.53. The Morgan fingerprint density at radius 2 is 1.72 bits per heavy atom. The second-order valence-corrected chi connectivity index (χ2v) is 7.61.